The lowest BCUT2D eigenvalue weighted by molar-refractivity contribution is 0.244. The van der Waals surface area contributed by atoms with E-state index >= 15 is 0 Å². The van der Waals surface area contributed by atoms with Gasteiger partial charge in [-0.25, -0.2) is 0 Å². The van der Waals surface area contributed by atoms with Crippen molar-refractivity contribution in [3.8, 4) is 0 Å². The molecule has 2 heterocycles. The average Bonchev–Trinajstić information content (AvgIpc) is 2.70. The second-order valence-electron chi connectivity index (χ2n) is 4.48. The van der Waals surface area contributed by atoms with E-state index < -0.39 is 0 Å². The molecule has 92 valence electrons. The van der Waals surface area contributed by atoms with E-state index in [4.69, 9.17) is 18.0 Å². The van der Waals surface area contributed by atoms with Crippen molar-refractivity contribution in [2.45, 2.75) is 19.4 Å². The second-order valence-corrected chi connectivity index (χ2v) is 4.91. The van der Waals surface area contributed by atoms with Gasteiger partial charge in [0.1, 0.15) is 4.99 Å². The molecule has 5 heteroatoms. The molecule has 1 aliphatic rings. The maximum atomic E-state index is 9.41. The van der Waals surface area contributed by atoms with Crippen molar-refractivity contribution in [1.82, 2.24) is 4.98 Å². The van der Waals surface area contributed by atoms with Gasteiger partial charge in [-0.15, -0.1) is 0 Å². The molecule has 0 bridgehead atoms. The van der Waals surface area contributed by atoms with Gasteiger partial charge in [0.2, 0.25) is 0 Å². The molecule has 1 aliphatic heterocycles. The molecule has 1 saturated heterocycles. The summed E-state index contributed by atoms with van der Waals surface area (Å²) in [4.78, 5) is 6.73. The summed E-state index contributed by atoms with van der Waals surface area (Å²) in [6.45, 7) is 3.30. The van der Waals surface area contributed by atoms with Crippen LogP contribution in [0.25, 0.3) is 0 Å². The first kappa shape index (κ1) is 12.3. The first-order valence-corrected chi connectivity index (χ1v) is 6.17. The number of rotatable bonds is 3. The quantitative estimate of drug-likeness (QED) is 0.782. The lowest BCUT2D eigenvalue weighted by Crippen LogP contribution is -2.35. The van der Waals surface area contributed by atoms with Crippen molar-refractivity contribution in [2.75, 3.05) is 18.1 Å². The zero-order valence-electron chi connectivity index (χ0n) is 9.84. The van der Waals surface area contributed by atoms with Gasteiger partial charge in [-0.1, -0.05) is 19.1 Å². The summed E-state index contributed by atoms with van der Waals surface area (Å²) < 4.78 is 0. The summed E-state index contributed by atoms with van der Waals surface area (Å²) in [5.41, 5.74) is 7.17. The van der Waals surface area contributed by atoms with Crippen molar-refractivity contribution in [1.29, 1.82) is 0 Å². The number of thiocarbonyl (C=S) groups is 1. The highest BCUT2D eigenvalue weighted by Crippen LogP contribution is 2.28. The van der Waals surface area contributed by atoms with Crippen LogP contribution in [0.1, 0.15) is 19.0 Å². The lowest BCUT2D eigenvalue weighted by atomic mass is 10.0. The third-order valence-corrected chi connectivity index (χ3v) is 3.61. The van der Waals surface area contributed by atoms with Crippen LogP contribution in [0.3, 0.4) is 0 Å². The highest BCUT2D eigenvalue weighted by atomic mass is 32.1. The van der Waals surface area contributed by atoms with Gasteiger partial charge in [0, 0.05) is 6.54 Å². The van der Waals surface area contributed by atoms with Crippen molar-refractivity contribution in [3.05, 3.63) is 24.0 Å². The molecular formula is C12H17N3OS. The van der Waals surface area contributed by atoms with Gasteiger partial charge in [0.15, 0.2) is 0 Å². The lowest BCUT2D eigenvalue weighted by Gasteiger charge is -2.27. The van der Waals surface area contributed by atoms with E-state index in [1.54, 1.807) is 6.20 Å². The number of nitrogens with two attached hydrogens (primary N) is 1. The fourth-order valence-corrected chi connectivity index (χ4v) is 2.43. The molecule has 0 saturated carbocycles. The highest BCUT2D eigenvalue weighted by molar-refractivity contribution is 7.80. The molecule has 1 aromatic heterocycles. The number of hydrogen-bond acceptors (Lipinski definition) is 4. The van der Waals surface area contributed by atoms with Crippen LogP contribution in [-0.2, 0) is 0 Å². The summed E-state index contributed by atoms with van der Waals surface area (Å²) >= 11 is 4.87. The summed E-state index contributed by atoms with van der Waals surface area (Å²) in [6.07, 6.45) is 2.87. The molecule has 17 heavy (non-hydrogen) atoms. The molecule has 0 spiro atoms. The van der Waals surface area contributed by atoms with Gasteiger partial charge in [-0.3, -0.25) is 4.98 Å². The first-order chi connectivity index (χ1) is 8.13. The smallest absolute Gasteiger partial charge is 0.122 e. The molecule has 2 rings (SSSR count). The SMILES string of the molecule is CC1CCN(c2ccc(C(N)=S)nc2)C1CO. The molecule has 2 unspecified atom stereocenters. The van der Waals surface area contributed by atoms with Gasteiger partial charge >= 0.3 is 0 Å². The van der Waals surface area contributed by atoms with Crippen LogP contribution >= 0.6 is 12.2 Å². The third kappa shape index (κ3) is 2.40. The standard InChI is InChI=1S/C12H17N3OS/c1-8-4-5-15(11(8)7-16)9-2-3-10(12(13)17)14-6-9/h2-3,6,8,11,16H,4-5,7H2,1H3,(H2,13,17). The average molecular weight is 251 g/mol. The number of aliphatic hydroxyl groups is 1. The monoisotopic (exact) mass is 251 g/mol. The van der Waals surface area contributed by atoms with Crippen LogP contribution in [0, 0.1) is 5.92 Å². The molecule has 0 radical (unpaired) electrons. The maximum absolute atomic E-state index is 9.41. The Labute approximate surface area is 106 Å². The van der Waals surface area contributed by atoms with Crippen molar-refractivity contribution >= 4 is 22.9 Å². The Morgan fingerprint density at radius 1 is 1.65 bits per heavy atom. The van der Waals surface area contributed by atoms with Crippen LogP contribution in [0.4, 0.5) is 5.69 Å². The molecule has 1 fully saturated rings. The minimum Gasteiger partial charge on any atom is -0.394 e. The number of hydrogen-bond donors (Lipinski definition) is 2. The fraction of sp³-hybridized carbons (Fsp3) is 0.500. The normalized spacial score (nSPS) is 24.0. The Morgan fingerprint density at radius 3 is 2.94 bits per heavy atom. The summed E-state index contributed by atoms with van der Waals surface area (Å²) in [7, 11) is 0. The van der Waals surface area contributed by atoms with E-state index in [2.05, 4.69) is 16.8 Å². The topological polar surface area (TPSA) is 62.4 Å². The van der Waals surface area contributed by atoms with Crippen molar-refractivity contribution < 1.29 is 5.11 Å². The predicted octanol–water partition coefficient (Wildman–Crippen LogP) is 0.923. The zero-order valence-corrected chi connectivity index (χ0v) is 10.7. The van der Waals surface area contributed by atoms with E-state index in [-0.39, 0.29) is 12.6 Å². The Kier molecular flexibility index (Phi) is 3.59. The van der Waals surface area contributed by atoms with Crippen molar-refractivity contribution in [2.24, 2.45) is 11.7 Å². The summed E-state index contributed by atoms with van der Waals surface area (Å²) in [5, 5.41) is 9.41. The molecule has 3 N–H and O–H groups in total. The number of aliphatic hydroxyl groups excluding tert-OH is 1. The van der Waals surface area contributed by atoms with Crippen LogP contribution in [0.15, 0.2) is 18.3 Å². The van der Waals surface area contributed by atoms with Gasteiger partial charge in [-0.2, -0.15) is 0 Å². The second kappa shape index (κ2) is 4.98. The van der Waals surface area contributed by atoms with Crippen LogP contribution in [-0.4, -0.2) is 34.3 Å². The van der Waals surface area contributed by atoms with E-state index in [0.717, 1.165) is 18.7 Å². The van der Waals surface area contributed by atoms with Crippen molar-refractivity contribution in [3.63, 3.8) is 0 Å². The molecule has 1 aromatic rings. The molecule has 0 aromatic carbocycles. The van der Waals surface area contributed by atoms with E-state index in [9.17, 15) is 5.11 Å². The van der Waals surface area contributed by atoms with E-state index in [0.29, 0.717) is 16.6 Å². The minimum absolute atomic E-state index is 0.179. The van der Waals surface area contributed by atoms with Gasteiger partial charge in [0.05, 0.1) is 30.2 Å². The van der Waals surface area contributed by atoms with Crippen LogP contribution in [0.5, 0.6) is 0 Å². The summed E-state index contributed by atoms with van der Waals surface area (Å²) in [6, 6.07) is 3.98. The fourth-order valence-electron chi connectivity index (χ4n) is 2.31. The Morgan fingerprint density at radius 2 is 2.41 bits per heavy atom. The molecule has 4 nitrogen and oxygen atoms in total. The molecule has 0 amide bonds. The maximum Gasteiger partial charge on any atom is 0.122 e. The van der Waals surface area contributed by atoms with E-state index in [1.165, 1.54) is 0 Å². The molecule has 2 atom stereocenters. The first-order valence-electron chi connectivity index (χ1n) is 5.77. The van der Waals surface area contributed by atoms with E-state index in [1.807, 2.05) is 12.1 Å². The Balaban J connectivity index is 2.20. The highest BCUT2D eigenvalue weighted by Gasteiger charge is 2.30. The number of pyridine rings is 1. The third-order valence-electron chi connectivity index (χ3n) is 3.40. The van der Waals surface area contributed by atoms with Crippen LogP contribution < -0.4 is 10.6 Å². The van der Waals surface area contributed by atoms with Gasteiger partial charge in [-0.05, 0) is 24.5 Å². The Hall–Kier alpha value is -1.20. The van der Waals surface area contributed by atoms with Crippen LogP contribution in [0.2, 0.25) is 0 Å². The van der Waals surface area contributed by atoms with Gasteiger partial charge in [0.25, 0.3) is 0 Å². The zero-order chi connectivity index (χ0) is 12.4. The summed E-state index contributed by atoms with van der Waals surface area (Å²) in [5.74, 6) is 0.510. The Bertz CT molecular complexity index is 407. The molecule has 0 aliphatic carbocycles. The molecular weight excluding hydrogens is 234 g/mol. The minimum atomic E-state index is 0.179. The largest absolute Gasteiger partial charge is 0.394 e. The number of aromatic nitrogens is 1. The number of nitrogens with zero attached hydrogens (tertiary/aromatic N) is 2. The van der Waals surface area contributed by atoms with Gasteiger partial charge < -0.3 is 15.7 Å². The number of anilines is 1. The predicted molar refractivity (Wildman–Crippen MR) is 72.1 cm³/mol.